The molecule has 1 aliphatic heterocycles. The number of rotatable bonds is 3. The molecule has 0 N–H and O–H groups in total. The molecule has 0 spiro atoms. The Hall–Kier alpha value is -0.610. The average Bonchev–Trinajstić information content (AvgIpc) is 2.91. The number of epoxide rings is 1. The summed E-state index contributed by atoms with van der Waals surface area (Å²) in [6, 6.07) is 3.93. The number of benzene rings is 1. The number of ether oxygens (including phenoxy) is 1. The molecule has 1 aromatic rings. The molecular weight excluding hydrogens is 194 g/mol. The fourth-order valence-corrected chi connectivity index (χ4v) is 1.84. The molecule has 13 heavy (non-hydrogen) atoms. The molecule has 2 rings (SSSR count). The smallest absolute Gasteiger partial charge is 0.159 e. The van der Waals surface area contributed by atoms with Gasteiger partial charge in [0.05, 0.1) is 12.7 Å². The van der Waals surface area contributed by atoms with E-state index in [1.165, 1.54) is 17.8 Å². The molecule has 1 saturated heterocycles. The summed E-state index contributed by atoms with van der Waals surface area (Å²) in [5, 5.41) is 0. The van der Waals surface area contributed by atoms with Crippen molar-refractivity contribution in [3.05, 3.63) is 29.8 Å². The van der Waals surface area contributed by atoms with E-state index in [-0.39, 0.29) is 0 Å². The summed E-state index contributed by atoms with van der Waals surface area (Å²) < 4.78 is 30.2. The number of hydrogen-bond acceptors (Lipinski definition) is 2. The molecule has 0 aliphatic carbocycles. The Morgan fingerprint density at radius 2 is 2.15 bits per heavy atom. The lowest BCUT2D eigenvalue weighted by molar-refractivity contribution is 0.426. The van der Waals surface area contributed by atoms with Crippen LogP contribution in [0, 0.1) is 11.6 Å². The second kappa shape index (κ2) is 3.64. The highest BCUT2D eigenvalue weighted by Gasteiger charge is 2.22. The first-order chi connectivity index (χ1) is 6.25. The second-order valence-electron chi connectivity index (χ2n) is 2.84. The van der Waals surface area contributed by atoms with E-state index in [1.807, 2.05) is 0 Å². The van der Waals surface area contributed by atoms with Crippen molar-refractivity contribution in [1.82, 2.24) is 0 Å². The Bertz CT molecular complexity index is 312. The van der Waals surface area contributed by atoms with E-state index >= 15 is 0 Å². The summed E-state index contributed by atoms with van der Waals surface area (Å²) in [6.45, 7) is 0.788. The van der Waals surface area contributed by atoms with Crippen molar-refractivity contribution in [2.45, 2.75) is 11.0 Å². The van der Waals surface area contributed by atoms with E-state index in [0.29, 0.717) is 6.10 Å². The minimum absolute atomic E-state index is 0.304. The maximum Gasteiger partial charge on any atom is 0.159 e. The molecular formula is C9H8F2OS. The van der Waals surface area contributed by atoms with Gasteiger partial charge in [0.15, 0.2) is 11.6 Å². The van der Waals surface area contributed by atoms with Crippen LogP contribution in [0.2, 0.25) is 0 Å². The second-order valence-corrected chi connectivity index (χ2v) is 3.94. The van der Waals surface area contributed by atoms with E-state index < -0.39 is 11.6 Å². The van der Waals surface area contributed by atoms with Gasteiger partial charge < -0.3 is 4.74 Å². The molecule has 0 radical (unpaired) electrons. The van der Waals surface area contributed by atoms with Gasteiger partial charge >= 0.3 is 0 Å². The van der Waals surface area contributed by atoms with Crippen LogP contribution in [-0.2, 0) is 4.74 Å². The SMILES string of the molecule is Fc1ccc(SC[C@H]2CO2)cc1F. The van der Waals surface area contributed by atoms with Crippen LogP contribution in [0.5, 0.6) is 0 Å². The minimum Gasteiger partial charge on any atom is -0.372 e. The molecule has 1 aliphatic rings. The van der Waals surface area contributed by atoms with Gasteiger partial charge in [0.25, 0.3) is 0 Å². The maximum absolute atomic E-state index is 12.7. The van der Waals surface area contributed by atoms with Gasteiger partial charge in [-0.3, -0.25) is 0 Å². The van der Waals surface area contributed by atoms with Crippen LogP contribution in [0.3, 0.4) is 0 Å². The third kappa shape index (κ3) is 2.42. The standard InChI is InChI=1S/C9H8F2OS/c10-8-2-1-7(3-9(8)11)13-5-6-4-12-6/h1-3,6H,4-5H2/t6-/m1/s1. The van der Waals surface area contributed by atoms with Gasteiger partial charge in [-0.25, -0.2) is 8.78 Å². The first kappa shape index (κ1) is 8.97. The highest BCUT2D eigenvalue weighted by Crippen LogP contribution is 2.24. The van der Waals surface area contributed by atoms with Gasteiger partial charge in [0.1, 0.15) is 0 Å². The van der Waals surface area contributed by atoms with Crippen molar-refractivity contribution in [3.63, 3.8) is 0 Å². The lowest BCUT2D eigenvalue weighted by Crippen LogP contribution is -1.89. The predicted octanol–water partition coefficient (Wildman–Crippen LogP) is 2.46. The molecule has 0 unspecified atom stereocenters. The number of thioether (sulfide) groups is 1. The van der Waals surface area contributed by atoms with Crippen LogP contribution in [0.15, 0.2) is 23.1 Å². The zero-order valence-electron chi connectivity index (χ0n) is 6.80. The summed E-state index contributed by atoms with van der Waals surface area (Å²) >= 11 is 1.48. The van der Waals surface area contributed by atoms with Crippen LogP contribution in [-0.4, -0.2) is 18.5 Å². The molecule has 0 saturated carbocycles. The normalized spacial score (nSPS) is 20.3. The van der Waals surface area contributed by atoms with Crippen LogP contribution < -0.4 is 0 Å². The van der Waals surface area contributed by atoms with Gasteiger partial charge in [0.2, 0.25) is 0 Å². The molecule has 1 nitrogen and oxygen atoms in total. The Labute approximate surface area is 79.1 Å². The van der Waals surface area contributed by atoms with Crippen LogP contribution in [0.4, 0.5) is 8.78 Å². The quantitative estimate of drug-likeness (QED) is 0.551. The van der Waals surface area contributed by atoms with E-state index in [1.54, 1.807) is 6.07 Å². The van der Waals surface area contributed by atoms with Crippen molar-refractivity contribution in [2.75, 3.05) is 12.4 Å². The molecule has 4 heteroatoms. The number of halogens is 2. The average molecular weight is 202 g/mol. The Morgan fingerprint density at radius 3 is 2.77 bits per heavy atom. The van der Waals surface area contributed by atoms with Gasteiger partial charge in [-0.05, 0) is 18.2 Å². The third-order valence-electron chi connectivity index (χ3n) is 1.73. The third-order valence-corrected chi connectivity index (χ3v) is 2.86. The lowest BCUT2D eigenvalue weighted by atomic mass is 10.3. The molecule has 70 valence electrons. The van der Waals surface area contributed by atoms with Crippen molar-refractivity contribution in [3.8, 4) is 0 Å². The molecule has 1 aromatic carbocycles. The maximum atomic E-state index is 12.7. The van der Waals surface area contributed by atoms with E-state index in [4.69, 9.17) is 4.74 Å². The zero-order chi connectivity index (χ0) is 9.26. The number of hydrogen-bond donors (Lipinski definition) is 0. The van der Waals surface area contributed by atoms with E-state index in [9.17, 15) is 8.78 Å². The first-order valence-corrected chi connectivity index (χ1v) is 4.94. The fourth-order valence-electron chi connectivity index (χ4n) is 0.920. The van der Waals surface area contributed by atoms with Crippen molar-refractivity contribution in [1.29, 1.82) is 0 Å². The summed E-state index contributed by atoms with van der Waals surface area (Å²) in [4.78, 5) is 0.745. The summed E-state index contributed by atoms with van der Waals surface area (Å²) in [5.74, 6) is -0.779. The van der Waals surface area contributed by atoms with Crippen molar-refractivity contribution >= 4 is 11.8 Å². The molecule has 0 aromatic heterocycles. The fraction of sp³-hybridized carbons (Fsp3) is 0.333. The largest absolute Gasteiger partial charge is 0.372 e. The molecule has 1 heterocycles. The predicted molar refractivity (Wildman–Crippen MR) is 46.8 cm³/mol. The van der Waals surface area contributed by atoms with Crippen LogP contribution in [0.1, 0.15) is 0 Å². The van der Waals surface area contributed by atoms with Crippen LogP contribution in [0.25, 0.3) is 0 Å². The molecule has 1 atom stereocenters. The summed E-state index contributed by atoms with van der Waals surface area (Å²) in [7, 11) is 0. The topological polar surface area (TPSA) is 12.5 Å². The van der Waals surface area contributed by atoms with Gasteiger partial charge in [-0.15, -0.1) is 11.8 Å². The first-order valence-electron chi connectivity index (χ1n) is 3.95. The van der Waals surface area contributed by atoms with Crippen molar-refractivity contribution in [2.24, 2.45) is 0 Å². The Kier molecular flexibility index (Phi) is 2.51. The van der Waals surface area contributed by atoms with Crippen LogP contribution >= 0.6 is 11.8 Å². The van der Waals surface area contributed by atoms with Gasteiger partial charge in [-0.2, -0.15) is 0 Å². The van der Waals surface area contributed by atoms with Gasteiger partial charge in [-0.1, -0.05) is 0 Å². The minimum atomic E-state index is -0.799. The Morgan fingerprint density at radius 1 is 1.38 bits per heavy atom. The van der Waals surface area contributed by atoms with E-state index in [2.05, 4.69) is 0 Å². The lowest BCUT2D eigenvalue weighted by Gasteiger charge is -1.99. The van der Waals surface area contributed by atoms with Gasteiger partial charge in [0, 0.05) is 10.6 Å². The molecule has 1 fully saturated rings. The van der Waals surface area contributed by atoms with E-state index in [0.717, 1.165) is 23.3 Å². The monoisotopic (exact) mass is 202 g/mol. The highest BCUT2D eigenvalue weighted by molar-refractivity contribution is 7.99. The van der Waals surface area contributed by atoms with Crippen molar-refractivity contribution < 1.29 is 13.5 Å². The summed E-state index contributed by atoms with van der Waals surface area (Å²) in [5.41, 5.74) is 0. The zero-order valence-corrected chi connectivity index (χ0v) is 7.61. The summed E-state index contributed by atoms with van der Waals surface area (Å²) in [6.07, 6.45) is 0.304. The molecule has 0 amide bonds. The highest BCUT2D eigenvalue weighted by atomic mass is 32.2. The molecule has 0 bridgehead atoms. The Balaban J connectivity index is 1.98.